The van der Waals surface area contributed by atoms with Gasteiger partial charge in [0.2, 0.25) is 0 Å². The quantitative estimate of drug-likeness (QED) is 0.658. The summed E-state index contributed by atoms with van der Waals surface area (Å²) in [6, 6.07) is 12.3. The molecule has 0 radical (unpaired) electrons. The number of aromatic nitrogens is 1. The lowest BCUT2D eigenvalue weighted by atomic mass is 10.1. The van der Waals surface area contributed by atoms with Crippen molar-refractivity contribution in [1.82, 2.24) is 4.98 Å². The summed E-state index contributed by atoms with van der Waals surface area (Å²) in [5, 5.41) is 3.12. The maximum Gasteiger partial charge on any atom is 0.359 e. The van der Waals surface area contributed by atoms with E-state index in [9.17, 15) is 9.59 Å². The molecule has 0 spiro atoms. The van der Waals surface area contributed by atoms with Crippen molar-refractivity contribution in [2.24, 2.45) is 4.99 Å². The van der Waals surface area contributed by atoms with Crippen LogP contribution in [0.4, 0.5) is 5.69 Å². The van der Waals surface area contributed by atoms with Crippen molar-refractivity contribution in [2.75, 3.05) is 19.5 Å². The Morgan fingerprint density at radius 3 is 2.35 bits per heavy atom. The van der Waals surface area contributed by atoms with E-state index >= 15 is 0 Å². The molecule has 1 N–H and O–H groups in total. The molecule has 0 saturated heterocycles. The molecule has 2 heterocycles. The predicted molar refractivity (Wildman–Crippen MR) is 96.0 cm³/mol. The molecule has 1 aliphatic rings. The summed E-state index contributed by atoms with van der Waals surface area (Å²) in [4.78, 5) is 33.2. The van der Waals surface area contributed by atoms with Gasteiger partial charge < -0.3 is 14.8 Å². The molecular formula is C18H14ClN3O4. The Labute approximate surface area is 154 Å². The van der Waals surface area contributed by atoms with Gasteiger partial charge in [-0.1, -0.05) is 41.9 Å². The summed E-state index contributed by atoms with van der Waals surface area (Å²) in [5.41, 5.74) is 1.55. The van der Waals surface area contributed by atoms with Crippen molar-refractivity contribution in [2.45, 2.75) is 0 Å². The third kappa shape index (κ3) is 3.29. The molecule has 0 bridgehead atoms. The molecule has 0 atom stereocenters. The van der Waals surface area contributed by atoms with Gasteiger partial charge in [0.25, 0.3) is 0 Å². The number of esters is 2. The van der Waals surface area contributed by atoms with Gasteiger partial charge in [0.15, 0.2) is 11.4 Å². The fourth-order valence-electron chi connectivity index (χ4n) is 2.42. The minimum Gasteiger partial charge on any atom is -0.464 e. The molecule has 8 heteroatoms. The summed E-state index contributed by atoms with van der Waals surface area (Å²) in [6.45, 7) is 0. The molecule has 0 unspecified atom stereocenters. The maximum absolute atomic E-state index is 12.3. The number of hydrogen-bond donors (Lipinski definition) is 1. The molecule has 1 aromatic carbocycles. The van der Waals surface area contributed by atoms with Crippen molar-refractivity contribution >= 4 is 34.9 Å². The van der Waals surface area contributed by atoms with Crippen LogP contribution in [0.2, 0.25) is 5.15 Å². The molecular weight excluding hydrogens is 358 g/mol. The highest BCUT2D eigenvalue weighted by atomic mass is 35.5. The number of methoxy groups -OCH3 is 2. The Hall–Kier alpha value is -3.19. The van der Waals surface area contributed by atoms with Crippen molar-refractivity contribution in [1.29, 1.82) is 0 Å². The van der Waals surface area contributed by atoms with Crippen molar-refractivity contribution in [3.8, 4) is 0 Å². The second-order valence-electron chi connectivity index (χ2n) is 5.19. The maximum atomic E-state index is 12.3. The smallest absolute Gasteiger partial charge is 0.359 e. The average molecular weight is 372 g/mol. The number of halogens is 1. The van der Waals surface area contributed by atoms with Gasteiger partial charge >= 0.3 is 11.9 Å². The number of carbonyl (C=O) groups is 2. The SMILES string of the molecule is COC(=O)C1=C(C(=O)OC)Nc2ccc(Cl)nc2C(c2ccccc2)=N1. The van der Waals surface area contributed by atoms with E-state index in [0.717, 1.165) is 0 Å². The highest BCUT2D eigenvalue weighted by molar-refractivity contribution is 6.30. The zero-order valence-corrected chi connectivity index (χ0v) is 14.7. The summed E-state index contributed by atoms with van der Waals surface area (Å²) < 4.78 is 9.55. The third-order valence-corrected chi connectivity index (χ3v) is 3.83. The van der Waals surface area contributed by atoms with Crippen LogP contribution in [0.5, 0.6) is 0 Å². The Bertz CT molecular complexity index is 939. The van der Waals surface area contributed by atoms with Gasteiger partial charge in [-0.3, -0.25) is 0 Å². The number of nitrogens with one attached hydrogen (secondary N) is 1. The Morgan fingerprint density at radius 1 is 1.00 bits per heavy atom. The Kier molecular flexibility index (Phi) is 4.99. The van der Waals surface area contributed by atoms with E-state index < -0.39 is 11.9 Å². The zero-order chi connectivity index (χ0) is 18.7. The standard InChI is InChI=1S/C18H14ClN3O4/c1-25-17(23)15-16(18(24)26-2)22-13(10-6-4-3-5-7-10)14-11(20-15)8-9-12(19)21-14/h3-9,20H,1-2H3. The minimum atomic E-state index is -0.787. The molecule has 132 valence electrons. The predicted octanol–water partition coefficient (Wildman–Crippen LogP) is 2.56. The number of rotatable bonds is 3. The van der Waals surface area contributed by atoms with Crippen LogP contribution < -0.4 is 5.32 Å². The second-order valence-corrected chi connectivity index (χ2v) is 5.58. The van der Waals surface area contributed by atoms with Crippen LogP contribution >= 0.6 is 11.6 Å². The fourth-order valence-corrected chi connectivity index (χ4v) is 2.57. The molecule has 2 aromatic rings. The molecule has 0 aliphatic carbocycles. The van der Waals surface area contributed by atoms with Gasteiger partial charge in [0.1, 0.15) is 10.8 Å². The Morgan fingerprint density at radius 2 is 1.69 bits per heavy atom. The number of aliphatic imine (C=N–C) groups is 1. The number of pyridine rings is 1. The lowest BCUT2D eigenvalue weighted by molar-refractivity contribution is -0.139. The monoisotopic (exact) mass is 371 g/mol. The second kappa shape index (κ2) is 7.37. The normalized spacial score (nSPS) is 13.1. The van der Waals surface area contributed by atoms with Crippen LogP contribution in [-0.2, 0) is 19.1 Å². The van der Waals surface area contributed by atoms with Crippen LogP contribution in [0.15, 0.2) is 58.9 Å². The van der Waals surface area contributed by atoms with Crippen LogP contribution in [0.3, 0.4) is 0 Å². The van der Waals surface area contributed by atoms with Crippen LogP contribution in [0, 0.1) is 0 Å². The topological polar surface area (TPSA) is 89.9 Å². The first kappa shape index (κ1) is 17.6. The summed E-state index contributed by atoms with van der Waals surface area (Å²) >= 11 is 6.04. The fraction of sp³-hybridized carbons (Fsp3) is 0.111. The zero-order valence-electron chi connectivity index (χ0n) is 13.9. The molecule has 26 heavy (non-hydrogen) atoms. The number of ether oxygens (including phenoxy) is 2. The van der Waals surface area contributed by atoms with E-state index in [2.05, 4.69) is 15.3 Å². The molecule has 0 saturated carbocycles. The van der Waals surface area contributed by atoms with Gasteiger partial charge in [-0.15, -0.1) is 0 Å². The first-order valence-corrected chi connectivity index (χ1v) is 7.92. The largest absolute Gasteiger partial charge is 0.464 e. The minimum absolute atomic E-state index is 0.143. The lowest BCUT2D eigenvalue weighted by Gasteiger charge is -2.11. The number of nitrogens with zero attached hydrogens (tertiary/aromatic N) is 2. The van der Waals surface area contributed by atoms with Crippen molar-refractivity contribution in [3.05, 3.63) is 70.3 Å². The van der Waals surface area contributed by atoms with E-state index in [0.29, 0.717) is 22.7 Å². The van der Waals surface area contributed by atoms with Crippen molar-refractivity contribution in [3.63, 3.8) is 0 Å². The molecule has 1 aliphatic heterocycles. The first-order valence-electron chi connectivity index (χ1n) is 7.54. The van der Waals surface area contributed by atoms with Crippen LogP contribution in [0.25, 0.3) is 0 Å². The lowest BCUT2D eigenvalue weighted by Crippen LogP contribution is -2.19. The third-order valence-electron chi connectivity index (χ3n) is 3.62. The number of fused-ring (bicyclic) bond motifs is 1. The number of anilines is 1. The molecule has 3 rings (SSSR count). The van der Waals surface area contributed by atoms with Crippen molar-refractivity contribution < 1.29 is 19.1 Å². The Balaban J connectivity index is 2.32. The molecule has 0 amide bonds. The highest BCUT2D eigenvalue weighted by Crippen LogP contribution is 2.28. The van der Waals surface area contributed by atoms with Gasteiger partial charge in [-0.25, -0.2) is 19.6 Å². The molecule has 0 fully saturated rings. The van der Waals surface area contributed by atoms with Gasteiger partial charge in [-0.05, 0) is 12.1 Å². The number of benzene rings is 1. The van der Waals surface area contributed by atoms with Crippen LogP contribution in [-0.4, -0.2) is 36.9 Å². The van der Waals surface area contributed by atoms with E-state index in [1.54, 1.807) is 12.1 Å². The van der Waals surface area contributed by atoms with Gasteiger partial charge in [0.05, 0.1) is 25.6 Å². The number of hydrogen-bond acceptors (Lipinski definition) is 7. The van der Waals surface area contributed by atoms with E-state index in [1.807, 2.05) is 30.3 Å². The van der Waals surface area contributed by atoms with E-state index in [1.165, 1.54) is 14.2 Å². The first-order chi connectivity index (χ1) is 12.5. The van der Waals surface area contributed by atoms with E-state index in [4.69, 9.17) is 21.1 Å². The molecule has 7 nitrogen and oxygen atoms in total. The molecule has 1 aromatic heterocycles. The average Bonchev–Trinajstić information content (AvgIpc) is 2.84. The summed E-state index contributed by atoms with van der Waals surface area (Å²) in [6.07, 6.45) is 0. The summed E-state index contributed by atoms with van der Waals surface area (Å²) in [5.74, 6) is -1.55. The van der Waals surface area contributed by atoms with E-state index in [-0.39, 0.29) is 16.5 Å². The number of carbonyl (C=O) groups excluding carboxylic acids is 2. The van der Waals surface area contributed by atoms with Crippen LogP contribution in [0.1, 0.15) is 11.3 Å². The highest BCUT2D eigenvalue weighted by Gasteiger charge is 2.29. The summed E-state index contributed by atoms with van der Waals surface area (Å²) in [7, 11) is 2.41. The van der Waals surface area contributed by atoms with Gasteiger partial charge in [0, 0.05) is 5.56 Å². The van der Waals surface area contributed by atoms with Gasteiger partial charge in [-0.2, -0.15) is 0 Å².